The first-order valence-electron chi connectivity index (χ1n) is 4.01. The van der Waals surface area contributed by atoms with Crippen LogP contribution in [0.2, 0.25) is 0 Å². The van der Waals surface area contributed by atoms with Gasteiger partial charge in [0.15, 0.2) is 4.08 Å². The summed E-state index contributed by atoms with van der Waals surface area (Å²) in [6.45, 7) is 0. The molecule has 13 heavy (non-hydrogen) atoms. The van der Waals surface area contributed by atoms with Gasteiger partial charge in [0.2, 0.25) is 0 Å². The molecule has 0 aromatic heterocycles. The average Bonchev–Trinajstić information content (AvgIpc) is 2.84. The van der Waals surface area contributed by atoms with Crippen molar-refractivity contribution < 1.29 is 13.0 Å². The first-order valence-corrected chi connectivity index (χ1v) is 8.22. The van der Waals surface area contributed by atoms with Gasteiger partial charge in [-0.15, -0.1) is 23.5 Å². The van der Waals surface area contributed by atoms with Crippen molar-refractivity contribution in [3.8, 4) is 0 Å². The molecule has 0 aromatic carbocycles. The summed E-state index contributed by atoms with van der Waals surface area (Å²) in [4.78, 5) is 0. The topological polar surface area (TPSA) is 54.4 Å². The third-order valence-electron chi connectivity index (χ3n) is 3.16. The van der Waals surface area contributed by atoms with E-state index in [4.69, 9.17) is 0 Å². The van der Waals surface area contributed by atoms with Crippen molar-refractivity contribution in [1.82, 2.24) is 0 Å². The molecule has 0 aromatic rings. The highest BCUT2D eigenvalue weighted by atomic mass is 32.3. The van der Waals surface area contributed by atoms with Gasteiger partial charge in [-0.3, -0.25) is 4.55 Å². The molecule has 1 aliphatic carbocycles. The Bertz CT molecular complexity index is 396. The van der Waals surface area contributed by atoms with Gasteiger partial charge in [0.05, 0.1) is 10.5 Å². The molecule has 3 nitrogen and oxygen atoms in total. The molecule has 72 valence electrons. The second-order valence-corrected chi connectivity index (χ2v) is 9.81. The fourth-order valence-electron chi connectivity index (χ4n) is 2.39. The minimum absolute atomic E-state index is 0.189. The standard InChI is InChI=1S/C6H6O3S4/c7-13(8,9)6-4-2(11-4)1-3(10-1)5(6)12-6/h1-5H,(H,7,8,9). The van der Waals surface area contributed by atoms with Gasteiger partial charge in [0, 0.05) is 15.7 Å². The molecule has 3 saturated heterocycles. The van der Waals surface area contributed by atoms with Crippen LogP contribution in [0.25, 0.3) is 0 Å². The molecule has 4 aliphatic rings. The van der Waals surface area contributed by atoms with Gasteiger partial charge in [-0.05, 0) is 0 Å². The summed E-state index contributed by atoms with van der Waals surface area (Å²) in [5.74, 6) is 0. The maximum atomic E-state index is 11.3. The monoisotopic (exact) mass is 254 g/mol. The zero-order chi connectivity index (χ0) is 9.01. The molecule has 0 spiro atoms. The van der Waals surface area contributed by atoms with E-state index in [1.165, 1.54) is 11.8 Å². The van der Waals surface area contributed by atoms with Gasteiger partial charge in [0.1, 0.15) is 0 Å². The lowest BCUT2D eigenvalue weighted by molar-refractivity contribution is 0.460. The fourth-order valence-corrected chi connectivity index (χ4v) is 10.5. The summed E-state index contributed by atoms with van der Waals surface area (Å²) in [7, 11) is -3.84. The first kappa shape index (κ1) is 8.15. The van der Waals surface area contributed by atoms with E-state index in [9.17, 15) is 13.0 Å². The van der Waals surface area contributed by atoms with Crippen molar-refractivity contribution in [2.75, 3.05) is 0 Å². The Labute approximate surface area is 88.5 Å². The van der Waals surface area contributed by atoms with E-state index in [1.807, 2.05) is 11.8 Å². The highest BCUT2D eigenvalue weighted by molar-refractivity contribution is 8.25. The molecule has 0 amide bonds. The summed E-state index contributed by atoms with van der Waals surface area (Å²) in [5, 5.41) is 2.11. The SMILES string of the molecule is O=S(=O)(O)C12SC1C1SC1C1SC12. The molecule has 3 heterocycles. The van der Waals surface area contributed by atoms with Crippen LogP contribution < -0.4 is 0 Å². The highest BCUT2D eigenvalue weighted by Crippen LogP contribution is 2.82. The second-order valence-electron chi connectivity index (χ2n) is 3.82. The van der Waals surface area contributed by atoms with E-state index in [1.54, 1.807) is 11.8 Å². The quantitative estimate of drug-likeness (QED) is 0.548. The molecule has 7 heteroatoms. The number of hydrogen-bond acceptors (Lipinski definition) is 5. The fraction of sp³-hybridized carbons (Fsp3) is 1.00. The van der Waals surface area contributed by atoms with Gasteiger partial charge < -0.3 is 0 Å². The number of thioether (sulfide) groups is 3. The molecular weight excluding hydrogens is 248 g/mol. The van der Waals surface area contributed by atoms with E-state index in [0.29, 0.717) is 15.7 Å². The third kappa shape index (κ3) is 0.770. The van der Waals surface area contributed by atoms with E-state index >= 15 is 0 Å². The predicted molar refractivity (Wildman–Crippen MR) is 56.0 cm³/mol. The lowest BCUT2D eigenvalue weighted by Crippen LogP contribution is -2.39. The van der Waals surface area contributed by atoms with Gasteiger partial charge in [-0.1, -0.05) is 0 Å². The molecule has 0 radical (unpaired) electrons. The lowest BCUT2D eigenvalue weighted by atomic mass is 10.0. The number of hydrogen-bond donors (Lipinski definition) is 1. The van der Waals surface area contributed by atoms with Crippen molar-refractivity contribution in [1.29, 1.82) is 0 Å². The molecular formula is C6H6O3S4. The maximum Gasteiger partial charge on any atom is 0.282 e. The van der Waals surface area contributed by atoms with E-state index in [2.05, 4.69) is 0 Å². The van der Waals surface area contributed by atoms with Crippen LogP contribution in [0.5, 0.6) is 0 Å². The summed E-state index contributed by atoms with van der Waals surface area (Å²) in [6.07, 6.45) is 0. The Kier molecular flexibility index (Phi) is 1.21. The zero-order valence-electron chi connectivity index (χ0n) is 6.28. The van der Waals surface area contributed by atoms with Crippen molar-refractivity contribution in [2.24, 2.45) is 0 Å². The van der Waals surface area contributed by atoms with Crippen LogP contribution in [0, 0.1) is 0 Å². The van der Waals surface area contributed by atoms with Gasteiger partial charge in [-0.2, -0.15) is 20.2 Å². The van der Waals surface area contributed by atoms with Gasteiger partial charge >= 0.3 is 0 Å². The Morgan fingerprint density at radius 3 is 2.46 bits per heavy atom. The van der Waals surface area contributed by atoms with Crippen LogP contribution in [-0.2, 0) is 10.1 Å². The highest BCUT2D eigenvalue weighted by Gasteiger charge is 2.86. The summed E-state index contributed by atoms with van der Waals surface area (Å²) in [6, 6.07) is 0. The van der Waals surface area contributed by atoms with E-state index < -0.39 is 14.2 Å². The third-order valence-corrected chi connectivity index (χ3v) is 10.7. The molecule has 4 rings (SSSR count). The van der Waals surface area contributed by atoms with Crippen molar-refractivity contribution in [3.05, 3.63) is 0 Å². The largest absolute Gasteiger partial charge is 0.284 e. The second kappa shape index (κ2) is 1.93. The maximum absolute atomic E-state index is 11.3. The number of fused-ring (bicyclic) bond motifs is 6. The Balaban J connectivity index is 1.85. The average molecular weight is 254 g/mol. The minimum Gasteiger partial charge on any atom is -0.284 e. The van der Waals surface area contributed by atoms with E-state index in [0.717, 1.165) is 0 Å². The summed E-state index contributed by atoms with van der Waals surface area (Å²) >= 11 is 5.11. The molecule has 1 N–H and O–H groups in total. The van der Waals surface area contributed by atoms with Crippen molar-refractivity contribution >= 4 is 45.4 Å². The molecule has 0 bridgehead atoms. The zero-order valence-corrected chi connectivity index (χ0v) is 9.55. The Morgan fingerprint density at radius 1 is 1.08 bits per heavy atom. The normalized spacial score (nSPS) is 66.1. The van der Waals surface area contributed by atoms with Crippen LogP contribution in [-0.4, -0.2) is 43.3 Å². The van der Waals surface area contributed by atoms with Crippen LogP contribution >= 0.6 is 35.3 Å². The van der Waals surface area contributed by atoms with Gasteiger partial charge in [-0.25, -0.2) is 0 Å². The lowest BCUT2D eigenvalue weighted by Gasteiger charge is -2.12. The Morgan fingerprint density at radius 2 is 1.77 bits per heavy atom. The van der Waals surface area contributed by atoms with Crippen molar-refractivity contribution in [2.45, 2.75) is 30.3 Å². The molecule has 6 unspecified atom stereocenters. The smallest absolute Gasteiger partial charge is 0.282 e. The predicted octanol–water partition coefficient (Wildman–Crippen LogP) is 0.668. The van der Waals surface area contributed by atoms with E-state index in [-0.39, 0.29) is 10.5 Å². The Hall–Kier alpha value is 0.960. The van der Waals surface area contributed by atoms with Crippen LogP contribution in [0.1, 0.15) is 0 Å². The van der Waals surface area contributed by atoms with Gasteiger partial charge in [0.25, 0.3) is 10.1 Å². The molecule has 3 aliphatic heterocycles. The van der Waals surface area contributed by atoms with Crippen LogP contribution in [0.4, 0.5) is 0 Å². The summed E-state index contributed by atoms with van der Waals surface area (Å²) in [5.41, 5.74) is 0. The first-order chi connectivity index (χ1) is 6.06. The van der Waals surface area contributed by atoms with Crippen molar-refractivity contribution in [3.63, 3.8) is 0 Å². The number of rotatable bonds is 1. The molecule has 6 atom stereocenters. The molecule has 1 saturated carbocycles. The van der Waals surface area contributed by atoms with Crippen LogP contribution in [0.3, 0.4) is 0 Å². The molecule has 4 fully saturated rings. The van der Waals surface area contributed by atoms with Crippen LogP contribution in [0.15, 0.2) is 0 Å². The minimum atomic E-state index is -3.84. The summed E-state index contributed by atoms with van der Waals surface area (Å²) < 4.78 is 30.9.